The largest absolute Gasteiger partial charge is 0.490 e. The lowest BCUT2D eigenvalue weighted by Gasteiger charge is -2.15. The lowest BCUT2D eigenvalue weighted by Crippen LogP contribution is -2.06. The molecule has 18 heavy (non-hydrogen) atoms. The Balaban J connectivity index is 2.23. The van der Waals surface area contributed by atoms with E-state index in [-0.39, 0.29) is 12.3 Å². The highest BCUT2D eigenvalue weighted by atomic mass is 16.5. The van der Waals surface area contributed by atoms with E-state index in [1.54, 1.807) is 0 Å². The number of hydrogen-bond donors (Lipinski definition) is 1. The van der Waals surface area contributed by atoms with E-state index in [9.17, 15) is 4.79 Å². The number of fused-ring (bicyclic) bond motifs is 1. The minimum Gasteiger partial charge on any atom is -0.490 e. The molecule has 0 saturated carbocycles. The molecule has 1 N–H and O–H groups in total. The zero-order valence-electron chi connectivity index (χ0n) is 10.5. The third-order valence-electron chi connectivity index (χ3n) is 3.16. The number of carbonyl (C=O) groups is 1. The summed E-state index contributed by atoms with van der Waals surface area (Å²) in [5.74, 6) is 0.740. The van der Waals surface area contributed by atoms with E-state index in [2.05, 4.69) is 0 Å². The maximum atomic E-state index is 10.8. The second kappa shape index (κ2) is 5.76. The summed E-state index contributed by atoms with van der Waals surface area (Å²) in [6.07, 6.45) is 1.82. The zero-order chi connectivity index (χ0) is 13.0. The summed E-state index contributed by atoms with van der Waals surface area (Å²) in [6.45, 7) is 3.31. The molecule has 1 heterocycles. The molecule has 4 heteroatoms. The topological polar surface area (TPSA) is 55.8 Å². The van der Waals surface area contributed by atoms with Gasteiger partial charge >= 0.3 is 5.97 Å². The highest BCUT2D eigenvalue weighted by molar-refractivity contribution is 5.68. The Bertz CT molecular complexity index is 428. The van der Waals surface area contributed by atoms with Crippen LogP contribution in [0.2, 0.25) is 0 Å². The summed E-state index contributed by atoms with van der Waals surface area (Å²) in [6, 6.07) is 5.73. The predicted octanol–water partition coefficient (Wildman–Crippen LogP) is 2.82. The molecule has 2 rings (SSSR count). The predicted molar refractivity (Wildman–Crippen MR) is 67.3 cm³/mol. The van der Waals surface area contributed by atoms with E-state index in [0.29, 0.717) is 13.2 Å². The molecule has 0 aliphatic carbocycles. The lowest BCUT2D eigenvalue weighted by molar-refractivity contribution is -0.137. The first-order chi connectivity index (χ1) is 8.70. The van der Waals surface area contributed by atoms with Crippen LogP contribution in [0.25, 0.3) is 0 Å². The Labute approximate surface area is 107 Å². The lowest BCUT2D eigenvalue weighted by atomic mass is 9.93. The van der Waals surface area contributed by atoms with Gasteiger partial charge in [0.25, 0.3) is 0 Å². The van der Waals surface area contributed by atoms with Crippen LogP contribution < -0.4 is 9.47 Å². The Morgan fingerprint density at radius 2 is 2.06 bits per heavy atom. The van der Waals surface area contributed by atoms with Crippen molar-refractivity contribution in [3.63, 3.8) is 0 Å². The van der Waals surface area contributed by atoms with Crippen LogP contribution in [-0.4, -0.2) is 24.3 Å². The van der Waals surface area contributed by atoms with Gasteiger partial charge in [-0.25, -0.2) is 0 Å². The number of rotatable bonds is 4. The van der Waals surface area contributed by atoms with Crippen LogP contribution in [0.1, 0.15) is 37.7 Å². The van der Waals surface area contributed by atoms with Gasteiger partial charge in [-0.15, -0.1) is 0 Å². The van der Waals surface area contributed by atoms with Crippen molar-refractivity contribution in [2.45, 2.75) is 32.1 Å². The van der Waals surface area contributed by atoms with Crippen molar-refractivity contribution in [2.24, 2.45) is 0 Å². The Hall–Kier alpha value is -1.71. The average Bonchev–Trinajstić information content (AvgIpc) is 2.59. The quantitative estimate of drug-likeness (QED) is 0.892. The number of carboxylic acid groups (broad SMARTS) is 1. The Kier molecular flexibility index (Phi) is 4.07. The summed E-state index contributed by atoms with van der Waals surface area (Å²) in [7, 11) is 0. The van der Waals surface area contributed by atoms with Crippen LogP contribution in [0, 0.1) is 0 Å². The second-order valence-electron chi connectivity index (χ2n) is 4.46. The first-order valence-electron chi connectivity index (χ1n) is 6.32. The van der Waals surface area contributed by atoms with Crippen molar-refractivity contribution in [1.29, 1.82) is 0 Å². The van der Waals surface area contributed by atoms with Gasteiger partial charge < -0.3 is 14.6 Å². The normalized spacial score (nSPS) is 15.8. The van der Waals surface area contributed by atoms with Gasteiger partial charge in [-0.2, -0.15) is 0 Å². The molecule has 0 spiro atoms. The molecule has 1 unspecified atom stereocenters. The molecule has 98 valence electrons. The van der Waals surface area contributed by atoms with E-state index in [1.807, 2.05) is 25.1 Å². The Morgan fingerprint density at radius 3 is 2.72 bits per heavy atom. The summed E-state index contributed by atoms with van der Waals surface area (Å²) in [4.78, 5) is 10.8. The third-order valence-corrected chi connectivity index (χ3v) is 3.16. The third kappa shape index (κ3) is 2.94. The monoisotopic (exact) mass is 250 g/mol. The van der Waals surface area contributed by atoms with Crippen molar-refractivity contribution in [3.05, 3.63) is 23.8 Å². The number of benzene rings is 1. The molecule has 0 amide bonds. The number of carboxylic acids is 1. The fraction of sp³-hybridized carbons (Fsp3) is 0.500. The summed E-state index contributed by atoms with van der Waals surface area (Å²) in [5.41, 5.74) is 1.00. The molecule has 4 nitrogen and oxygen atoms in total. The smallest absolute Gasteiger partial charge is 0.303 e. The van der Waals surface area contributed by atoms with Gasteiger partial charge in [0.2, 0.25) is 0 Å². The molecule has 0 aromatic heterocycles. The number of aliphatic carboxylic acids is 1. The summed E-state index contributed by atoms with van der Waals surface area (Å²) >= 11 is 0. The van der Waals surface area contributed by atoms with Crippen molar-refractivity contribution < 1.29 is 19.4 Å². The Morgan fingerprint density at radius 1 is 1.33 bits per heavy atom. The van der Waals surface area contributed by atoms with E-state index >= 15 is 0 Å². The van der Waals surface area contributed by atoms with E-state index < -0.39 is 5.97 Å². The second-order valence-corrected chi connectivity index (χ2v) is 4.46. The molecule has 1 atom stereocenters. The van der Waals surface area contributed by atoms with E-state index in [4.69, 9.17) is 14.6 Å². The molecule has 0 radical (unpaired) electrons. The number of hydrogen-bond acceptors (Lipinski definition) is 3. The van der Waals surface area contributed by atoms with Crippen LogP contribution in [0.15, 0.2) is 18.2 Å². The van der Waals surface area contributed by atoms with Crippen molar-refractivity contribution in [3.8, 4) is 11.5 Å². The number of ether oxygens (including phenoxy) is 2. The average molecular weight is 250 g/mol. The van der Waals surface area contributed by atoms with Crippen molar-refractivity contribution >= 4 is 5.97 Å². The molecule has 1 aromatic rings. The van der Waals surface area contributed by atoms with Crippen molar-refractivity contribution in [2.75, 3.05) is 13.2 Å². The zero-order valence-corrected chi connectivity index (χ0v) is 10.5. The SMILES string of the molecule is CCC(CC(=O)O)c1ccc2c(c1)OCCCO2. The maximum Gasteiger partial charge on any atom is 0.303 e. The summed E-state index contributed by atoms with van der Waals surface area (Å²) < 4.78 is 11.2. The molecule has 1 aliphatic rings. The van der Waals surface area contributed by atoms with E-state index in [1.165, 1.54) is 0 Å². The molecule has 0 bridgehead atoms. The van der Waals surface area contributed by atoms with Crippen molar-refractivity contribution in [1.82, 2.24) is 0 Å². The highest BCUT2D eigenvalue weighted by Gasteiger charge is 2.17. The fourth-order valence-corrected chi connectivity index (χ4v) is 2.14. The van der Waals surface area contributed by atoms with E-state index in [0.717, 1.165) is 29.9 Å². The molecular weight excluding hydrogens is 232 g/mol. The fourth-order valence-electron chi connectivity index (χ4n) is 2.14. The minimum atomic E-state index is -0.769. The van der Waals surface area contributed by atoms with Crippen LogP contribution in [-0.2, 0) is 4.79 Å². The van der Waals surface area contributed by atoms with Gasteiger partial charge in [0.1, 0.15) is 0 Å². The van der Waals surface area contributed by atoms with Crippen LogP contribution >= 0.6 is 0 Å². The molecule has 1 aliphatic heterocycles. The first kappa shape index (κ1) is 12.7. The molecule has 0 saturated heterocycles. The van der Waals surface area contributed by atoms with Crippen LogP contribution in [0.3, 0.4) is 0 Å². The van der Waals surface area contributed by atoms with Gasteiger partial charge in [0.15, 0.2) is 11.5 Å². The standard InChI is InChI=1S/C14H18O4/c1-2-10(9-14(15)16)11-4-5-12-13(8-11)18-7-3-6-17-12/h4-5,8,10H,2-3,6-7,9H2,1H3,(H,15,16). The van der Waals surface area contributed by atoms with Gasteiger partial charge in [-0.3, -0.25) is 4.79 Å². The summed E-state index contributed by atoms with van der Waals surface area (Å²) in [5, 5.41) is 8.90. The maximum absolute atomic E-state index is 10.8. The van der Waals surface area contributed by atoms with Gasteiger partial charge in [-0.05, 0) is 30.0 Å². The van der Waals surface area contributed by atoms with Crippen LogP contribution in [0.4, 0.5) is 0 Å². The first-order valence-corrected chi connectivity index (χ1v) is 6.32. The van der Waals surface area contributed by atoms with Gasteiger partial charge in [0.05, 0.1) is 19.6 Å². The highest BCUT2D eigenvalue weighted by Crippen LogP contribution is 2.34. The molecule has 0 fully saturated rings. The van der Waals surface area contributed by atoms with Crippen LogP contribution in [0.5, 0.6) is 11.5 Å². The molecule has 1 aromatic carbocycles. The minimum absolute atomic E-state index is 0.0275. The van der Waals surface area contributed by atoms with Gasteiger partial charge in [-0.1, -0.05) is 13.0 Å². The van der Waals surface area contributed by atoms with Gasteiger partial charge in [0, 0.05) is 6.42 Å². The molecular formula is C14H18O4.